The van der Waals surface area contributed by atoms with Crippen molar-refractivity contribution < 1.29 is 18.3 Å². The lowest BCUT2D eigenvalue weighted by molar-refractivity contribution is -0.0494. The molecule has 0 radical (unpaired) electrons. The van der Waals surface area contributed by atoms with Crippen LogP contribution in [0.1, 0.15) is 27.8 Å². The number of aromatic nitrogens is 9. The maximum atomic E-state index is 13.3. The second-order valence-electron chi connectivity index (χ2n) is 9.28. The van der Waals surface area contributed by atoms with E-state index in [2.05, 4.69) is 40.9 Å². The fraction of sp³-hybridized carbons (Fsp3) is 0.292. The topological polar surface area (TPSA) is 133 Å². The van der Waals surface area contributed by atoms with E-state index in [-0.39, 0.29) is 35.3 Å². The fourth-order valence-electron chi connectivity index (χ4n) is 4.56. The minimum atomic E-state index is -3.04. The first-order valence-electron chi connectivity index (χ1n) is 12.0. The molecule has 4 aromatic heterocycles. The number of benzene rings is 1. The van der Waals surface area contributed by atoms with Crippen LogP contribution in [0.25, 0.3) is 16.9 Å². The van der Waals surface area contributed by atoms with Gasteiger partial charge >= 0.3 is 6.61 Å². The van der Waals surface area contributed by atoms with Gasteiger partial charge in [-0.1, -0.05) is 11.6 Å². The van der Waals surface area contributed by atoms with Gasteiger partial charge in [-0.2, -0.15) is 19.0 Å². The van der Waals surface area contributed by atoms with E-state index in [1.165, 1.54) is 16.8 Å². The first-order valence-corrected chi connectivity index (χ1v) is 12.0. The lowest BCUT2D eigenvalue weighted by atomic mass is 10.1. The summed E-state index contributed by atoms with van der Waals surface area (Å²) in [6, 6.07) is 6.61. The zero-order chi connectivity index (χ0) is 27.1. The van der Waals surface area contributed by atoms with Gasteiger partial charge in [0.25, 0.3) is 5.91 Å². The summed E-state index contributed by atoms with van der Waals surface area (Å²) in [6.07, 6.45) is 6.24. The maximum Gasteiger partial charge on any atom is 0.387 e. The number of hydrogen-bond acceptors (Lipinski definition) is 9. The predicted molar refractivity (Wildman–Crippen MR) is 133 cm³/mol. The number of anilines is 1. The number of tetrazole rings is 1. The number of ether oxygens (including phenoxy) is 1. The van der Waals surface area contributed by atoms with Crippen LogP contribution in [0.3, 0.4) is 0 Å². The summed E-state index contributed by atoms with van der Waals surface area (Å²) in [4.78, 5) is 19.7. The number of halogens is 2. The standard InChI is InChI=1S/C24H23F2N11O2/c1-14-4-5-19(39-24(25)26)16(8-14)21-18(29-23(38)17-9-28-36-7-3-6-27-22(17)36)12-35(31-21)13-20-30-32-33-37(20)15-10-34(2)11-15/h3-9,12,15,24H,10-11,13H2,1-2H3,(H,29,38). The molecule has 1 aliphatic rings. The van der Waals surface area contributed by atoms with E-state index < -0.39 is 12.5 Å². The third kappa shape index (κ3) is 4.79. The molecule has 5 aromatic rings. The van der Waals surface area contributed by atoms with Gasteiger partial charge < -0.3 is 15.0 Å². The molecule has 5 heterocycles. The Morgan fingerprint density at radius 3 is 2.92 bits per heavy atom. The molecule has 1 aliphatic heterocycles. The number of rotatable bonds is 8. The second-order valence-corrected chi connectivity index (χ2v) is 9.28. The quantitative estimate of drug-likeness (QED) is 0.318. The van der Waals surface area contributed by atoms with Gasteiger partial charge in [0.15, 0.2) is 11.5 Å². The molecule has 6 rings (SSSR count). The molecule has 1 saturated heterocycles. The van der Waals surface area contributed by atoms with Crippen molar-refractivity contribution >= 4 is 17.2 Å². The fourth-order valence-corrected chi connectivity index (χ4v) is 4.56. The number of likely N-dealkylation sites (N-methyl/N-ethyl adjacent to an activating group) is 1. The van der Waals surface area contributed by atoms with Crippen LogP contribution in [-0.4, -0.2) is 82.1 Å². The Hall–Kier alpha value is -4.79. The number of nitrogens with one attached hydrogen (secondary N) is 1. The van der Waals surface area contributed by atoms with Crippen molar-refractivity contribution in [1.29, 1.82) is 0 Å². The Bertz CT molecular complexity index is 1650. The molecule has 39 heavy (non-hydrogen) atoms. The maximum absolute atomic E-state index is 13.3. The summed E-state index contributed by atoms with van der Waals surface area (Å²) in [7, 11) is 2.01. The lowest BCUT2D eigenvalue weighted by Gasteiger charge is -2.35. The number of aryl methyl sites for hydroxylation is 1. The molecule has 1 aromatic carbocycles. The van der Waals surface area contributed by atoms with E-state index in [0.717, 1.165) is 18.7 Å². The summed E-state index contributed by atoms with van der Waals surface area (Å²) in [6.45, 7) is 0.593. The minimum absolute atomic E-state index is 0.0728. The van der Waals surface area contributed by atoms with E-state index in [0.29, 0.717) is 17.0 Å². The average molecular weight is 536 g/mol. The number of fused-ring (bicyclic) bond motifs is 1. The molecule has 1 amide bonds. The second kappa shape index (κ2) is 9.83. The van der Waals surface area contributed by atoms with E-state index in [9.17, 15) is 13.6 Å². The van der Waals surface area contributed by atoms with Crippen molar-refractivity contribution in [2.24, 2.45) is 0 Å². The summed E-state index contributed by atoms with van der Waals surface area (Å²) >= 11 is 0. The summed E-state index contributed by atoms with van der Waals surface area (Å²) in [5.41, 5.74) is 2.22. The highest BCUT2D eigenvalue weighted by atomic mass is 19.3. The van der Waals surface area contributed by atoms with Crippen LogP contribution in [0.5, 0.6) is 5.75 Å². The van der Waals surface area contributed by atoms with Gasteiger partial charge in [0.2, 0.25) is 0 Å². The van der Waals surface area contributed by atoms with E-state index >= 15 is 0 Å². The molecule has 200 valence electrons. The van der Waals surface area contributed by atoms with Gasteiger partial charge in [0.1, 0.15) is 23.6 Å². The van der Waals surface area contributed by atoms with Crippen LogP contribution >= 0.6 is 0 Å². The van der Waals surface area contributed by atoms with Crippen molar-refractivity contribution in [2.45, 2.75) is 26.1 Å². The molecule has 15 heteroatoms. The van der Waals surface area contributed by atoms with Crippen molar-refractivity contribution in [1.82, 2.24) is 49.5 Å². The molecule has 1 fully saturated rings. The monoisotopic (exact) mass is 535 g/mol. The molecule has 0 saturated carbocycles. The van der Waals surface area contributed by atoms with E-state index in [4.69, 9.17) is 4.74 Å². The van der Waals surface area contributed by atoms with E-state index in [1.54, 1.807) is 46.2 Å². The molecule has 0 atom stereocenters. The summed E-state index contributed by atoms with van der Waals surface area (Å²) in [5, 5.41) is 23.7. The van der Waals surface area contributed by atoms with Crippen LogP contribution in [0, 0.1) is 6.92 Å². The molecular formula is C24H23F2N11O2. The van der Waals surface area contributed by atoms with Gasteiger partial charge in [0, 0.05) is 37.2 Å². The van der Waals surface area contributed by atoms with Crippen molar-refractivity contribution in [3.63, 3.8) is 0 Å². The van der Waals surface area contributed by atoms with Crippen LogP contribution in [-0.2, 0) is 6.54 Å². The molecule has 13 nitrogen and oxygen atoms in total. The number of hydrogen-bond donors (Lipinski definition) is 1. The summed E-state index contributed by atoms with van der Waals surface area (Å²) in [5.74, 6) is 0.00677. The number of nitrogens with zero attached hydrogens (tertiary/aromatic N) is 10. The van der Waals surface area contributed by atoms with Crippen molar-refractivity contribution in [2.75, 3.05) is 25.5 Å². The van der Waals surface area contributed by atoms with Gasteiger partial charge in [-0.05, 0) is 42.6 Å². The van der Waals surface area contributed by atoms with Crippen LogP contribution in [0.4, 0.5) is 14.5 Å². The van der Waals surface area contributed by atoms with Gasteiger partial charge in [-0.15, -0.1) is 5.10 Å². The lowest BCUT2D eigenvalue weighted by Crippen LogP contribution is -2.45. The van der Waals surface area contributed by atoms with Crippen LogP contribution in [0.15, 0.2) is 49.1 Å². The highest BCUT2D eigenvalue weighted by molar-refractivity contribution is 6.09. The molecule has 1 N–H and O–H groups in total. The normalized spacial score (nSPS) is 14.2. The molecule has 0 aliphatic carbocycles. The molecule has 0 spiro atoms. The zero-order valence-corrected chi connectivity index (χ0v) is 20.9. The summed E-state index contributed by atoms with van der Waals surface area (Å²) < 4.78 is 36.1. The highest BCUT2D eigenvalue weighted by Gasteiger charge is 2.29. The third-order valence-corrected chi connectivity index (χ3v) is 6.40. The zero-order valence-electron chi connectivity index (χ0n) is 20.9. The van der Waals surface area contributed by atoms with Gasteiger partial charge in [-0.25, -0.2) is 14.2 Å². The Morgan fingerprint density at radius 2 is 2.13 bits per heavy atom. The first-order chi connectivity index (χ1) is 18.9. The highest BCUT2D eigenvalue weighted by Crippen LogP contribution is 2.36. The molecule has 0 bridgehead atoms. The first kappa shape index (κ1) is 24.5. The number of carbonyl (C=O) groups is 1. The van der Waals surface area contributed by atoms with Crippen LogP contribution in [0.2, 0.25) is 0 Å². The average Bonchev–Trinajstić information content (AvgIpc) is 3.62. The largest absolute Gasteiger partial charge is 0.434 e. The van der Waals surface area contributed by atoms with E-state index in [1.807, 2.05) is 14.0 Å². The number of likely N-dealkylation sites (tertiary alicyclic amines) is 1. The number of alkyl halides is 2. The Morgan fingerprint density at radius 1 is 1.28 bits per heavy atom. The molecule has 0 unspecified atom stereocenters. The van der Waals surface area contributed by atoms with Crippen molar-refractivity contribution in [3.05, 3.63) is 66.0 Å². The Labute approximate surface area is 220 Å². The van der Waals surface area contributed by atoms with Gasteiger partial charge in [0.05, 0.1) is 17.9 Å². The smallest absolute Gasteiger partial charge is 0.387 e. The SMILES string of the molecule is Cc1ccc(OC(F)F)c(-c2nn(Cc3nnnn3C3CN(C)C3)cc2NC(=O)c2cnn3cccnc23)c1. The minimum Gasteiger partial charge on any atom is -0.434 e. The molecular weight excluding hydrogens is 512 g/mol. The Kier molecular flexibility index (Phi) is 6.18. The number of amides is 1. The predicted octanol–water partition coefficient (Wildman–Crippen LogP) is 2.28. The third-order valence-electron chi connectivity index (χ3n) is 6.40. The number of carbonyl (C=O) groups excluding carboxylic acids is 1. The van der Waals surface area contributed by atoms with Crippen LogP contribution < -0.4 is 10.1 Å². The van der Waals surface area contributed by atoms with Gasteiger partial charge in [-0.3, -0.25) is 9.48 Å². The van der Waals surface area contributed by atoms with Crippen molar-refractivity contribution in [3.8, 4) is 17.0 Å². The Balaban J connectivity index is 1.39.